The van der Waals surface area contributed by atoms with Gasteiger partial charge in [-0.2, -0.15) is 5.10 Å². The number of nitrogens with one attached hydrogen (secondary N) is 1. The molecule has 8 heteroatoms. The van der Waals surface area contributed by atoms with Crippen molar-refractivity contribution in [1.29, 1.82) is 0 Å². The van der Waals surface area contributed by atoms with Crippen molar-refractivity contribution in [3.8, 4) is 11.5 Å². The summed E-state index contributed by atoms with van der Waals surface area (Å²) < 4.78 is 20.3. The van der Waals surface area contributed by atoms with Crippen LogP contribution < -0.4 is 10.2 Å². The van der Waals surface area contributed by atoms with Gasteiger partial charge in [0.2, 0.25) is 5.91 Å². The average molecular weight is 473 g/mol. The summed E-state index contributed by atoms with van der Waals surface area (Å²) in [7, 11) is 0. The van der Waals surface area contributed by atoms with Crippen molar-refractivity contribution in [3.05, 3.63) is 95.1 Å². The van der Waals surface area contributed by atoms with E-state index in [-0.39, 0.29) is 30.7 Å². The van der Waals surface area contributed by atoms with E-state index in [2.05, 4.69) is 10.4 Å². The summed E-state index contributed by atoms with van der Waals surface area (Å²) in [5.41, 5.74) is 2.98. The second-order valence-electron chi connectivity index (χ2n) is 8.99. The lowest BCUT2D eigenvalue weighted by Crippen LogP contribution is -2.64. The van der Waals surface area contributed by atoms with Gasteiger partial charge in [-0.25, -0.2) is 4.39 Å². The first-order valence-corrected chi connectivity index (χ1v) is 11.3. The lowest BCUT2D eigenvalue weighted by Gasteiger charge is -2.43. The second kappa shape index (κ2) is 8.54. The maximum Gasteiger partial charge on any atom is 0.277 e. The van der Waals surface area contributed by atoms with Gasteiger partial charge < -0.3 is 9.73 Å². The number of nitrogens with zero attached hydrogens (tertiary/aromatic N) is 3. The summed E-state index contributed by atoms with van der Waals surface area (Å²) >= 11 is 0. The van der Waals surface area contributed by atoms with Crippen LogP contribution in [0.4, 0.5) is 10.1 Å². The van der Waals surface area contributed by atoms with Crippen molar-refractivity contribution in [2.75, 3.05) is 4.90 Å². The molecule has 0 bridgehead atoms. The summed E-state index contributed by atoms with van der Waals surface area (Å²) in [6.07, 6.45) is 1.55. The Morgan fingerprint density at radius 1 is 1.14 bits per heavy atom. The fraction of sp³-hybridized carbons (Fsp3) is 0.222. The summed E-state index contributed by atoms with van der Waals surface area (Å²) in [4.78, 5) is 29.2. The molecule has 5 rings (SSSR count). The van der Waals surface area contributed by atoms with E-state index in [1.54, 1.807) is 53.1 Å². The van der Waals surface area contributed by atoms with Gasteiger partial charge in [0, 0.05) is 18.3 Å². The van der Waals surface area contributed by atoms with Crippen LogP contribution in [0.15, 0.2) is 71.3 Å². The Labute approximate surface area is 202 Å². The molecule has 178 valence electrons. The molecule has 0 radical (unpaired) electrons. The van der Waals surface area contributed by atoms with E-state index in [4.69, 9.17) is 4.42 Å². The number of aryl methyl sites for hydroxylation is 1. The highest BCUT2D eigenvalue weighted by Gasteiger charge is 2.49. The van der Waals surface area contributed by atoms with Gasteiger partial charge >= 0.3 is 0 Å². The van der Waals surface area contributed by atoms with Crippen molar-refractivity contribution in [2.24, 2.45) is 0 Å². The summed E-state index contributed by atoms with van der Waals surface area (Å²) in [6.45, 7) is 6.00. The Hall–Kier alpha value is -4.20. The molecule has 3 heterocycles. The maximum atomic E-state index is 13.9. The number of benzene rings is 2. The summed E-state index contributed by atoms with van der Waals surface area (Å²) in [6, 6.07) is 16.9. The van der Waals surface area contributed by atoms with E-state index in [1.165, 1.54) is 12.1 Å². The number of furan rings is 1. The molecule has 0 unspecified atom stereocenters. The van der Waals surface area contributed by atoms with Crippen LogP contribution in [-0.4, -0.2) is 27.1 Å². The molecule has 0 fully saturated rings. The molecule has 4 aromatic rings. The van der Waals surface area contributed by atoms with Crippen LogP contribution in [0.1, 0.15) is 34.1 Å². The van der Waals surface area contributed by atoms with Crippen molar-refractivity contribution in [2.45, 2.75) is 39.4 Å². The molecule has 1 aliphatic rings. The molecular weight excluding hydrogens is 447 g/mol. The Bertz CT molecular complexity index is 1410. The van der Waals surface area contributed by atoms with Crippen LogP contribution in [0.3, 0.4) is 0 Å². The molecule has 0 aliphatic carbocycles. The first kappa shape index (κ1) is 22.6. The molecule has 0 saturated heterocycles. The zero-order valence-electron chi connectivity index (χ0n) is 19.7. The third kappa shape index (κ3) is 3.90. The molecule has 1 atom stereocenters. The van der Waals surface area contributed by atoms with Crippen LogP contribution in [0.5, 0.6) is 0 Å². The smallest absolute Gasteiger partial charge is 0.277 e. The van der Waals surface area contributed by atoms with Crippen LogP contribution in [0.2, 0.25) is 0 Å². The third-order valence-electron chi connectivity index (χ3n) is 6.60. The Morgan fingerprint density at radius 2 is 1.91 bits per heavy atom. The Balaban J connectivity index is 1.56. The predicted molar refractivity (Wildman–Crippen MR) is 129 cm³/mol. The monoisotopic (exact) mass is 472 g/mol. The topological polar surface area (TPSA) is 80.4 Å². The maximum absolute atomic E-state index is 13.9. The number of anilines is 1. The number of carbonyl (C=O) groups is 2. The number of fused-ring (bicyclic) bond motifs is 1. The number of rotatable bonds is 5. The average Bonchev–Trinajstić information content (AvgIpc) is 3.51. The number of aromatic nitrogens is 2. The lowest BCUT2D eigenvalue weighted by atomic mass is 9.92. The molecule has 1 N–H and O–H groups in total. The number of amides is 2. The van der Waals surface area contributed by atoms with Gasteiger partial charge in [0.05, 0.1) is 12.8 Å². The molecule has 2 aromatic carbocycles. The van der Waals surface area contributed by atoms with Crippen molar-refractivity contribution in [3.63, 3.8) is 0 Å². The van der Waals surface area contributed by atoms with Crippen molar-refractivity contribution >= 4 is 17.5 Å². The molecule has 7 nitrogen and oxygen atoms in total. The van der Waals surface area contributed by atoms with Crippen LogP contribution in [0, 0.1) is 19.7 Å². The normalized spacial score (nSPS) is 17.4. The number of carbonyl (C=O) groups excluding carboxylic acids is 2. The Kier molecular flexibility index (Phi) is 5.51. The largest absolute Gasteiger partial charge is 0.463 e. The van der Waals surface area contributed by atoms with Gasteiger partial charge in [-0.05, 0) is 67.8 Å². The molecule has 1 aliphatic heterocycles. The molecule has 2 aromatic heterocycles. The minimum Gasteiger partial charge on any atom is -0.463 e. The second-order valence-corrected chi connectivity index (χ2v) is 8.99. The lowest BCUT2D eigenvalue weighted by molar-refractivity contribution is -0.126. The number of hydrogen-bond acceptors (Lipinski definition) is 4. The zero-order valence-corrected chi connectivity index (χ0v) is 19.7. The summed E-state index contributed by atoms with van der Waals surface area (Å²) in [5.74, 6) is -0.462. The van der Waals surface area contributed by atoms with Gasteiger partial charge in [-0.3, -0.25) is 19.2 Å². The first-order chi connectivity index (χ1) is 16.8. The van der Waals surface area contributed by atoms with Crippen LogP contribution in [0.25, 0.3) is 11.5 Å². The molecule has 0 spiro atoms. The molecule has 35 heavy (non-hydrogen) atoms. The number of halogens is 1. The van der Waals surface area contributed by atoms with Gasteiger partial charge in [-0.15, -0.1) is 0 Å². The van der Waals surface area contributed by atoms with Gasteiger partial charge in [0.15, 0.2) is 5.76 Å². The quantitative estimate of drug-likeness (QED) is 0.459. The van der Waals surface area contributed by atoms with E-state index >= 15 is 0 Å². The standard InChI is InChI=1S/C27H25FN4O3/c1-17-6-4-7-22(18(17)2)32-25(33)23-14-21(24-8-5-13-35-24)30-31(23)16-27(32,3)26(34)29-15-19-9-11-20(28)12-10-19/h4-14H,15-16H2,1-3H3,(H,29,34)/t27-/m0/s1. The molecule has 0 saturated carbocycles. The van der Waals surface area contributed by atoms with E-state index in [9.17, 15) is 14.0 Å². The van der Waals surface area contributed by atoms with E-state index in [1.807, 2.05) is 32.0 Å². The van der Waals surface area contributed by atoms with Gasteiger partial charge in [0.25, 0.3) is 5.91 Å². The zero-order chi connectivity index (χ0) is 24.7. The molecule has 2 amide bonds. The van der Waals surface area contributed by atoms with E-state index in [0.717, 1.165) is 16.7 Å². The highest BCUT2D eigenvalue weighted by molar-refractivity contribution is 6.12. The first-order valence-electron chi connectivity index (χ1n) is 11.3. The fourth-order valence-electron chi connectivity index (χ4n) is 4.46. The highest BCUT2D eigenvalue weighted by Crippen LogP contribution is 2.36. The minimum atomic E-state index is -1.27. The van der Waals surface area contributed by atoms with Crippen LogP contribution in [-0.2, 0) is 17.9 Å². The van der Waals surface area contributed by atoms with Crippen molar-refractivity contribution in [1.82, 2.24) is 15.1 Å². The summed E-state index contributed by atoms with van der Waals surface area (Å²) in [5, 5.41) is 7.50. The van der Waals surface area contributed by atoms with Crippen molar-refractivity contribution < 1.29 is 18.4 Å². The van der Waals surface area contributed by atoms with Gasteiger partial charge in [-0.1, -0.05) is 24.3 Å². The fourth-order valence-corrected chi connectivity index (χ4v) is 4.46. The SMILES string of the molecule is Cc1cccc(N2C(=O)c3cc(-c4ccco4)nn3C[C@@]2(C)C(=O)NCc2ccc(F)cc2)c1C. The number of hydrogen-bond donors (Lipinski definition) is 1. The third-order valence-corrected chi connectivity index (χ3v) is 6.60. The highest BCUT2D eigenvalue weighted by atomic mass is 19.1. The minimum absolute atomic E-state index is 0.150. The van der Waals surface area contributed by atoms with E-state index < -0.39 is 5.54 Å². The predicted octanol–water partition coefficient (Wildman–Crippen LogP) is 4.63. The van der Waals surface area contributed by atoms with E-state index in [0.29, 0.717) is 22.8 Å². The van der Waals surface area contributed by atoms with Crippen LogP contribution >= 0.6 is 0 Å². The Morgan fingerprint density at radius 3 is 2.63 bits per heavy atom. The van der Waals surface area contributed by atoms with Gasteiger partial charge in [0.1, 0.15) is 22.7 Å². The molecular formula is C27H25FN4O3.